The minimum atomic E-state index is -0.401. The normalized spacial score (nSPS) is 10.1. The highest BCUT2D eigenvalue weighted by atomic mass is 35.5. The van der Waals surface area contributed by atoms with Gasteiger partial charge in [0.25, 0.3) is 0 Å². The van der Waals surface area contributed by atoms with E-state index < -0.39 is 5.97 Å². The number of carbonyl (C=O) groups excluding carboxylic acids is 1. The van der Waals surface area contributed by atoms with Gasteiger partial charge in [-0.2, -0.15) is 0 Å². The van der Waals surface area contributed by atoms with Gasteiger partial charge in [-0.05, 0) is 25.5 Å². The first-order chi connectivity index (χ1) is 8.20. The zero-order valence-electron chi connectivity index (χ0n) is 10.2. The van der Waals surface area contributed by atoms with Crippen molar-refractivity contribution in [2.75, 3.05) is 13.2 Å². The number of benzene rings is 1. The van der Waals surface area contributed by atoms with Crippen molar-refractivity contribution in [1.82, 2.24) is 0 Å². The first-order valence-electron chi connectivity index (χ1n) is 5.79. The molecule has 0 fully saturated rings. The average molecular weight is 257 g/mol. The molecule has 94 valence electrons. The van der Waals surface area contributed by atoms with Gasteiger partial charge in [0, 0.05) is 0 Å². The average Bonchev–Trinajstić information content (AvgIpc) is 2.31. The van der Waals surface area contributed by atoms with Gasteiger partial charge in [0.05, 0.1) is 18.2 Å². The highest BCUT2D eigenvalue weighted by Crippen LogP contribution is 2.29. The van der Waals surface area contributed by atoms with E-state index in [1.807, 2.05) is 0 Å². The summed E-state index contributed by atoms with van der Waals surface area (Å²) >= 11 is 6.02. The van der Waals surface area contributed by atoms with E-state index in [4.69, 9.17) is 21.1 Å². The number of hydrogen-bond donors (Lipinski definition) is 0. The highest BCUT2D eigenvalue weighted by Gasteiger charge is 2.16. The zero-order valence-corrected chi connectivity index (χ0v) is 10.9. The van der Waals surface area contributed by atoms with Gasteiger partial charge in [-0.3, -0.25) is 0 Å². The molecule has 1 aromatic rings. The van der Waals surface area contributed by atoms with Crippen LogP contribution in [0.15, 0.2) is 18.2 Å². The summed E-state index contributed by atoms with van der Waals surface area (Å²) in [5.74, 6) is 0.0163. The predicted octanol–water partition coefficient (Wildman–Crippen LogP) is 3.70. The van der Waals surface area contributed by atoms with Crippen molar-refractivity contribution < 1.29 is 14.3 Å². The smallest absolute Gasteiger partial charge is 0.341 e. The van der Waals surface area contributed by atoms with Crippen LogP contribution in [0.25, 0.3) is 0 Å². The van der Waals surface area contributed by atoms with Crippen LogP contribution in [0.4, 0.5) is 0 Å². The van der Waals surface area contributed by atoms with Gasteiger partial charge in [0.2, 0.25) is 0 Å². The summed E-state index contributed by atoms with van der Waals surface area (Å²) in [6, 6.07) is 5.07. The van der Waals surface area contributed by atoms with Crippen LogP contribution in [0.2, 0.25) is 5.02 Å². The fourth-order valence-electron chi connectivity index (χ4n) is 1.34. The standard InChI is InChI=1S/C13H17ClO3/c1-3-5-9-17-12-10(13(15)16-4-2)7-6-8-11(12)14/h6-8H,3-5,9H2,1-2H3. The summed E-state index contributed by atoms with van der Waals surface area (Å²) in [5, 5.41) is 0.437. The third-order valence-electron chi connectivity index (χ3n) is 2.21. The molecule has 0 unspecified atom stereocenters. The number of esters is 1. The number of unbranched alkanes of at least 4 members (excludes halogenated alkanes) is 1. The Hall–Kier alpha value is -1.22. The molecule has 4 heteroatoms. The minimum absolute atomic E-state index is 0.333. The third-order valence-corrected chi connectivity index (χ3v) is 2.50. The van der Waals surface area contributed by atoms with Crippen molar-refractivity contribution in [1.29, 1.82) is 0 Å². The first kappa shape index (κ1) is 13.8. The Balaban J connectivity index is 2.87. The summed E-state index contributed by atoms with van der Waals surface area (Å²) in [4.78, 5) is 11.7. The van der Waals surface area contributed by atoms with Crippen molar-refractivity contribution in [2.45, 2.75) is 26.7 Å². The molecule has 0 aromatic heterocycles. The van der Waals surface area contributed by atoms with Crippen molar-refractivity contribution in [3.05, 3.63) is 28.8 Å². The summed E-state index contributed by atoms with van der Waals surface area (Å²) < 4.78 is 10.5. The number of hydrogen-bond acceptors (Lipinski definition) is 3. The van der Waals surface area contributed by atoms with Crippen LogP contribution in [-0.2, 0) is 4.74 Å². The van der Waals surface area contributed by atoms with Crippen LogP contribution in [0.5, 0.6) is 5.75 Å². The van der Waals surface area contributed by atoms with E-state index in [9.17, 15) is 4.79 Å². The van der Waals surface area contributed by atoms with Crippen molar-refractivity contribution >= 4 is 17.6 Å². The van der Waals surface area contributed by atoms with E-state index >= 15 is 0 Å². The number of halogens is 1. The lowest BCUT2D eigenvalue weighted by atomic mass is 10.2. The van der Waals surface area contributed by atoms with Crippen LogP contribution >= 0.6 is 11.6 Å². The molecule has 0 N–H and O–H groups in total. The molecule has 3 nitrogen and oxygen atoms in total. The minimum Gasteiger partial charge on any atom is -0.491 e. The topological polar surface area (TPSA) is 35.5 Å². The molecule has 0 saturated carbocycles. The van der Waals surface area contributed by atoms with Gasteiger partial charge >= 0.3 is 5.97 Å². The van der Waals surface area contributed by atoms with E-state index in [1.54, 1.807) is 25.1 Å². The second-order valence-electron chi connectivity index (χ2n) is 3.54. The summed E-state index contributed by atoms with van der Waals surface area (Å²) in [6.45, 7) is 4.72. The molecule has 0 aliphatic heterocycles. The molecule has 0 aliphatic rings. The summed E-state index contributed by atoms with van der Waals surface area (Å²) in [6.07, 6.45) is 1.95. The molecule has 0 saturated heterocycles. The summed E-state index contributed by atoms with van der Waals surface area (Å²) in [5.41, 5.74) is 0.385. The number of ether oxygens (including phenoxy) is 2. The van der Waals surface area contributed by atoms with Gasteiger partial charge in [0.1, 0.15) is 5.56 Å². The Kier molecular flexibility index (Phi) is 5.84. The monoisotopic (exact) mass is 256 g/mol. The van der Waals surface area contributed by atoms with E-state index in [-0.39, 0.29) is 0 Å². The molecule has 17 heavy (non-hydrogen) atoms. The zero-order chi connectivity index (χ0) is 12.7. The van der Waals surface area contributed by atoms with E-state index in [1.165, 1.54) is 0 Å². The summed E-state index contributed by atoms with van der Waals surface area (Å²) in [7, 11) is 0. The molecular weight excluding hydrogens is 240 g/mol. The maximum absolute atomic E-state index is 11.7. The maximum Gasteiger partial charge on any atom is 0.341 e. The number of carbonyl (C=O) groups is 1. The number of para-hydroxylation sites is 1. The van der Waals surface area contributed by atoms with Crippen LogP contribution in [0.3, 0.4) is 0 Å². The molecular formula is C13H17ClO3. The van der Waals surface area contributed by atoms with Crippen molar-refractivity contribution in [3.63, 3.8) is 0 Å². The lowest BCUT2D eigenvalue weighted by Gasteiger charge is -2.11. The van der Waals surface area contributed by atoms with Crippen molar-refractivity contribution in [2.24, 2.45) is 0 Å². The Bertz CT molecular complexity index is 377. The first-order valence-corrected chi connectivity index (χ1v) is 6.16. The Morgan fingerprint density at radius 1 is 1.35 bits per heavy atom. The van der Waals surface area contributed by atoms with Crippen LogP contribution in [0, 0.1) is 0 Å². The van der Waals surface area contributed by atoms with Crippen LogP contribution < -0.4 is 4.74 Å². The second kappa shape index (κ2) is 7.17. The van der Waals surface area contributed by atoms with E-state index in [2.05, 4.69) is 6.92 Å². The molecule has 1 aromatic carbocycles. The fraction of sp³-hybridized carbons (Fsp3) is 0.462. The molecule has 0 atom stereocenters. The van der Waals surface area contributed by atoms with E-state index in [0.717, 1.165) is 12.8 Å². The van der Waals surface area contributed by atoms with Gasteiger partial charge in [-0.1, -0.05) is 31.0 Å². The van der Waals surface area contributed by atoms with Gasteiger partial charge in [-0.25, -0.2) is 4.79 Å². The SMILES string of the molecule is CCCCOc1c(Cl)cccc1C(=O)OCC. The van der Waals surface area contributed by atoms with Crippen LogP contribution in [0.1, 0.15) is 37.0 Å². The Morgan fingerprint density at radius 2 is 2.12 bits per heavy atom. The fourth-order valence-corrected chi connectivity index (χ4v) is 1.57. The number of rotatable bonds is 6. The molecule has 0 bridgehead atoms. The van der Waals surface area contributed by atoms with Gasteiger partial charge in [0.15, 0.2) is 5.75 Å². The quantitative estimate of drug-likeness (QED) is 0.575. The molecule has 0 radical (unpaired) electrons. The molecule has 0 amide bonds. The lowest BCUT2D eigenvalue weighted by molar-refractivity contribution is 0.0521. The molecule has 0 aliphatic carbocycles. The highest BCUT2D eigenvalue weighted by molar-refractivity contribution is 6.32. The van der Waals surface area contributed by atoms with Gasteiger partial charge < -0.3 is 9.47 Å². The second-order valence-corrected chi connectivity index (χ2v) is 3.95. The molecule has 0 spiro atoms. The predicted molar refractivity (Wildman–Crippen MR) is 67.8 cm³/mol. The Labute approximate surface area is 107 Å². The largest absolute Gasteiger partial charge is 0.491 e. The molecule has 0 heterocycles. The van der Waals surface area contributed by atoms with Crippen LogP contribution in [-0.4, -0.2) is 19.2 Å². The van der Waals surface area contributed by atoms with E-state index in [0.29, 0.717) is 29.5 Å². The Morgan fingerprint density at radius 3 is 2.76 bits per heavy atom. The lowest BCUT2D eigenvalue weighted by Crippen LogP contribution is -2.08. The van der Waals surface area contributed by atoms with Gasteiger partial charge in [-0.15, -0.1) is 0 Å². The molecule has 1 rings (SSSR count). The third kappa shape index (κ3) is 3.93. The van der Waals surface area contributed by atoms with Crippen molar-refractivity contribution in [3.8, 4) is 5.75 Å². The maximum atomic E-state index is 11.7.